The number of amides is 2. The van der Waals surface area contributed by atoms with Crippen molar-refractivity contribution in [2.75, 3.05) is 0 Å². The average molecular weight is 431 g/mol. The van der Waals surface area contributed by atoms with Gasteiger partial charge in [0.1, 0.15) is 11.9 Å². The number of benzene rings is 2. The number of carbonyl (C=O) groups is 2. The van der Waals surface area contributed by atoms with Crippen LogP contribution in [0.3, 0.4) is 0 Å². The number of carbonyl (C=O) groups excluding carboxylic acids is 2. The second-order valence-electron chi connectivity index (χ2n) is 7.99. The largest absolute Gasteiger partial charge is 0.352 e. The summed E-state index contributed by atoms with van der Waals surface area (Å²) in [7, 11) is 0. The van der Waals surface area contributed by atoms with E-state index in [4.69, 9.17) is 11.6 Å². The van der Waals surface area contributed by atoms with E-state index in [1.165, 1.54) is 17.0 Å². The van der Waals surface area contributed by atoms with Gasteiger partial charge in [-0.2, -0.15) is 0 Å². The first-order chi connectivity index (χ1) is 14.4. The highest BCUT2D eigenvalue weighted by molar-refractivity contribution is 6.31. The van der Waals surface area contributed by atoms with E-state index in [-0.39, 0.29) is 41.4 Å². The van der Waals surface area contributed by atoms with E-state index in [9.17, 15) is 14.0 Å². The Balaban J connectivity index is 1.83. The van der Waals surface area contributed by atoms with E-state index in [0.29, 0.717) is 0 Å². The highest BCUT2D eigenvalue weighted by Gasteiger charge is 2.29. The van der Waals surface area contributed by atoms with Crippen molar-refractivity contribution in [1.82, 2.24) is 10.2 Å². The third-order valence-electron chi connectivity index (χ3n) is 5.86. The van der Waals surface area contributed by atoms with Crippen LogP contribution < -0.4 is 5.32 Å². The summed E-state index contributed by atoms with van der Waals surface area (Å²) in [4.78, 5) is 27.7. The zero-order valence-corrected chi connectivity index (χ0v) is 18.2. The van der Waals surface area contributed by atoms with Crippen molar-refractivity contribution in [1.29, 1.82) is 0 Å². The highest BCUT2D eigenvalue weighted by atomic mass is 35.5. The quantitative estimate of drug-likeness (QED) is 0.685. The Morgan fingerprint density at radius 2 is 1.87 bits per heavy atom. The van der Waals surface area contributed by atoms with Gasteiger partial charge in [-0.3, -0.25) is 9.59 Å². The molecule has 1 aliphatic carbocycles. The van der Waals surface area contributed by atoms with Gasteiger partial charge in [-0.05, 0) is 49.9 Å². The van der Waals surface area contributed by atoms with Crippen LogP contribution in [-0.2, 0) is 22.6 Å². The van der Waals surface area contributed by atoms with E-state index in [2.05, 4.69) is 5.32 Å². The van der Waals surface area contributed by atoms with Crippen LogP contribution in [0.1, 0.15) is 49.3 Å². The molecule has 1 aliphatic rings. The number of nitrogens with one attached hydrogen (secondary N) is 1. The first kappa shape index (κ1) is 22.3. The Morgan fingerprint density at radius 3 is 2.53 bits per heavy atom. The second-order valence-corrected chi connectivity index (χ2v) is 8.40. The fraction of sp³-hybridized carbons (Fsp3) is 0.417. The standard InChI is InChI=1S/C24H28ClFN2O2/c1-16-8-3-4-9-18(16)15-28(17(2)24(30)27-19-10-5-6-11-19)23(29)14-20-21(25)12-7-13-22(20)26/h3-4,7-9,12-13,17,19H,5-6,10-11,14-15H2,1-2H3,(H,27,30). The van der Waals surface area contributed by atoms with Gasteiger partial charge in [-0.15, -0.1) is 0 Å². The molecule has 1 fully saturated rings. The molecule has 0 heterocycles. The molecule has 1 saturated carbocycles. The molecular weight excluding hydrogens is 403 g/mol. The predicted molar refractivity (Wildman–Crippen MR) is 117 cm³/mol. The van der Waals surface area contributed by atoms with Crippen LogP contribution in [0.25, 0.3) is 0 Å². The monoisotopic (exact) mass is 430 g/mol. The van der Waals surface area contributed by atoms with Crippen molar-refractivity contribution in [2.45, 2.75) is 64.6 Å². The summed E-state index contributed by atoms with van der Waals surface area (Å²) in [6.45, 7) is 3.97. The lowest BCUT2D eigenvalue weighted by Crippen LogP contribution is -2.50. The number of nitrogens with zero attached hydrogens (tertiary/aromatic N) is 1. The van der Waals surface area contributed by atoms with E-state index in [1.807, 2.05) is 31.2 Å². The summed E-state index contributed by atoms with van der Waals surface area (Å²) >= 11 is 6.13. The van der Waals surface area contributed by atoms with E-state index in [1.54, 1.807) is 13.0 Å². The van der Waals surface area contributed by atoms with Crippen molar-refractivity contribution < 1.29 is 14.0 Å². The topological polar surface area (TPSA) is 49.4 Å². The molecule has 1 unspecified atom stereocenters. The molecule has 2 amide bonds. The lowest BCUT2D eigenvalue weighted by Gasteiger charge is -2.30. The van der Waals surface area contributed by atoms with E-state index >= 15 is 0 Å². The van der Waals surface area contributed by atoms with Gasteiger partial charge in [0.25, 0.3) is 0 Å². The Bertz CT molecular complexity index is 892. The molecule has 1 atom stereocenters. The summed E-state index contributed by atoms with van der Waals surface area (Å²) in [5.41, 5.74) is 2.14. The molecule has 0 spiro atoms. The minimum absolute atomic E-state index is 0.155. The number of aryl methyl sites for hydroxylation is 1. The molecule has 30 heavy (non-hydrogen) atoms. The van der Waals surface area contributed by atoms with Crippen LogP contribution in [0.15, 0.2) is 42.5 Å². The predicted octanol–water partition coefficient (Wildman–Crippen LogP) is 4.81. The number of hydrogen-bond donors (Lipinski definition) is 1. The van der Waals surface area contributed by atoms with Crippen LogP contribution in [0.5, 0.6) is 0 Å². The van der Waals surface area contributed by atoms with Crippen molar-refractivity contribution >= 4 is 23.4 Å². The van der Waals surface area contributed by atoms with Crippen LogP contribution in [0, 0.1) is 12.7 Å². The maximum atomic E-state index is 14.3. The van der Waals surface area contributed by atoms with E-state index in [0.717, 1.165) is 36.8 Å². The zero-order valence-electron chi connectivity index (χ0n) is 17.5. The maximum absolute atomic E-state index is 14.3. The number of halogens is 2. The van der Waals surface area contributed by atoms with Gasteiger partial charge in [0.15, 0.2) is 0 Å². The molecule has 4 nitrogen and oxygen atoms in total. The smallest absolute Gasteiger partial charge is 0.242 e. The summed E-state index contributed by atoms with van der Waals surface area (Å²) < 4.78 is 14.3. The first-order valence-electron chi connectivity index (χ1n) is 10.4. The molecule has 0 aromatic heterocycles. The van der Waals surface area contributed by atoms with Crippen LogP contribution in [0.4, 0.5) is 4.39 Å². The minimum Gasteiger partial charge on any atom is -0.352 e. The third kappa shape index (κ3) is 5.39. The lowest BCUT2D eigenvalue weighted by atomic mass is 10.1. The van der Waals surface area contributed by atoms with Gasteiger partial charge in [0.05, 0.1) is 6.42 Å². The molecule has 3 rings (SSSR count). The van der Waals surface area contributed by atoms with Gasteiger partial charge in [0.2, 0.25) is 11.8 Å². The normalized spacial score (nSPS) is 15.1. The first-order valence-corrected chi connectivity index (χ1v) is 10.8. The lowest BCUT2D eigenvalue weighted by molar-refractivity contribution is -0.140. The summed E-state index contributed by atoms with van der Waals surface area (Å²) in [5.74, 6) is -1.03. The average Bonchev–Trinajstić information content (AvgIpc) is 3.22. The van der Waals surface area contributed by atoms with E-state index < -0.39 is 11.9 Å². The fourth-order valence-electron chi connectivity index (χ4n) is 3.90. The number of rotatable bonds is 7. The van der Waals surface area contributed by atoms with Gasteiger partial charge < -0.3 is 10.2 Å². The maximum Gasteiger partial charge on any atom is 0.242 e. The van der Waals surface area contributed by atoms with Crippen LogP contribution in [-0.4, -0.2) is 28.8 Å². The molecule has 6 heteroatoms. The van der Waals surface area contributed by atoms with Crippen molar-refractivity contribution in [3.63, 3.8) is 0 Å². The Kier molecular flexibility index (Phi) is 7.48. The van der Waals surface area contributed by atoms with Gasteiger partial charge >= 0.3 is 0 Å². The van der Waals surface area contributed by atoms with Crippen molar-refractivity contribution in [3.8, 4) is 0 Å². The van der Waals surface area contributed by atoms with Crippen molar-refractivity contribution in [3.05, 3.63) is 70.0 Å². The van der Waals surface area contributed by atoms with Crippen molar-refractivity contribution in [2.24, 2.45) is 0 Å². The molecular formula is C24H28ClFN2O2. The van der Waals surface area contributed by atoms with Gasteiger partial charge in [-0.1, -0.05) is 54.8 Å². The molecule has 1 N–H and O–H groups in total. The molecule has 0 radical (unpaired) electrons. The van der Waals surface area contributed by atoms with Gasteiger partial charge in [-0.25, -0.2) is 4.39 Å². The van der Waals surface area contributed by atoms with Crippen LogP contribution >= 0.6 is 11.6 Å². The molecule has 0 saturated heterocycles. The highest BCUT2D eigenvalue weighted by Crippen LogP contribution is 2.23. The Labute approximate surface area is 182 Å². The SMILES string of the molecule is Cc1ccccc1CN(C(=O)Cc1c(F)cccc1Cl)C(C)C(=O)NC1CCCC1. The molecule has 160 valence electrons. The minimum atomic E-state index is -0.678. The molecule has 0 bridgehead atoms. The molecule has 2 aromatic carbocycles. The molecule has 2 aromatic rings. The summed E-state index contributed by atoms with van der Waals surface area (Å²) in [5, 5.41) is 3.28. The number of hydrogen-bond acceptors (Lipinski definition) is 2. The third-order valence-corrected chi connectivity index (χ3v) is 6.21. The fourth-order valence-corrected chi connectivity index (χ4v) is 4.13. The Hall–Kier alpha value is -2.40. The Morgan fingerprint density at radius 1 is 1.17 bits per heavy atom. The molecule has 0 aliphatic heterocycles. The summed E-state index contributed by atoms with van der Waals surface area (Å²) in [6.07, 6.45) is 3.95. The second kappa shape index (κ2) is 10.1. The zero-order chi connectivity index (χ0) is 21.7. The summed E-state index contributed by atoms with van der Waals surface area (Å²) in [6, 6.07) is 11.6. The van der Waals surface area contributed by atoms with Crippen LogP contribution in [0.2, 0.25) is 5.02 Å². The van der Waals surface area contributed by atoms with Gasteiger partial charge in [0, 0.05) is 23.2 Å².